The number of aryl methyl sites for hydroxylation is 2. The Bertz CT molecular complexity index is 498. The van der Waals surface area contributed by atoms with Crippen LogP contribution in [0.25, 0.3) is 0 Å². The van der Waals surface area contributed by atoms with Crippen molar-refractivity contribution in [2.75, 3.05) is 0 Å². The second-order valence-electron chi connectivity index (χ2n) is 3.29. The van der Waals surface area contributed by atoms with Gasteiger partial charge in [-0.15, -0.1) is 11.3 Å². The number of thiazole rings is 1. The van der Waals surface area contributed by atoms with Gasteiger partial charge in [0.1, 0.15) is 5.82 Å². The summed E-state index contributed by atoms with van der Waals surface area (Å²) in [5, 5.41) is 0.881. The zero-order valence-electron chi connectivity index (χ0n) is 8.39. The molecular weight excluding hydrogens is 227 g/mol. The second kappa shape index (κ2) is 4.94. The van der Waals surface area contributed by atoms with E-state index in [-0.39, 0.29) is 5.82 Å². The number of rotatable bonds is 4. The highest BCUT2D eigenvalue weighted by atomic mass is 32.1. The molecule has 0 atom stereocenters. The first-order valence-corrected chi connectivity index (χ1v) is 5.59. The number of nitrogens with zero attached hydrogens (tertiary/aromatic N) is 2. The highest BCUT2D eigenvalue weighted by Gasteiger charge is 2.02. The molecule has 0 amide bonds. The molecule has 0 spiro atoms. The Kier molecular flexibility index (Phi) is 3.36. The normalized spacial score (nSPS) is 10.3. The summed E-state index contributed by atoms with van der Waals surface area (Å²) >= 11 is 1.36. The lowest BCUT2D eigenvalue weighted by molar-refractivity contribution is 0.112. The first-order valence-electron chi connectivity index (χ1n) is 4.77. The van der Waals surface area contributed by atoms with Gasteiger partial charge in [0.2, 0.25) is 0 Å². The Morgan fingerprint density at radius 1 is 1.31 bits per heavy atom. The molecule has 0 bridgehead atoms. The van der Waals surface area contributed by atoms with Gasteiger partial charge in [-0.1, -0.05) is 0 Å². The summed E-state index contributed by atoms with van der Waals surface area (Å²) in [7, 11) is 0. The van der Waals surface area contributed by atoms with Crippen LogP contribution in [0.5, 0.6) is 0 Å². The van der Waals surface area contributed by atoms with Gasteiger partial charge in [-0.05, 0) is 18.1 Å². The summed E-state index contributed by atoms with van der Waals surface area (Å²) in [5.74, 6) is -0.329. The molecule has 0 radical (unpaired) electrons. The van der Waals surface area contributed by atoms with Crippen LogP contribution in [0.2, 0.25) is 0 Å². The lowest BCUT2D eigenvalue weighted by Crippen LogP contribution is -1.92. The fraction of sp³-hybridized carbons (Fsp3) is 0.182. The largest absolute Gasteiger partial charge is 0.297 e. The van der Waals surface area contributed by atoms with Crippen LogP contribution in [0, 0.1) is 5.82 Å². The van der Waals surface area contributed by atoms with Crippen molar-refractivity contribution in [3.63, 3.8) is 0 Å². The molecule has 2 aromatic rings. The molecule has 0 aliphatic rings. The van der Waals surface area contributed by atoms with Gasteiger partial charge >= 0.3 is 0 Å². The molecule has 0 saturated carbocycles. The number of carbonyl (C=O) groups is 1. The topological polar surface area (TPSA) is 42.9 Å². The van der Waals surface area contributed by atoms with Crippen LogP contribution in [-0.4, -0.2) is 16.3 Å². The Morgan fingerprint density at radius 3 is 2.88 bits per heavy atom. The van der Waals surface area contributed by atoms with Crippen molar-refractivity contribution in [1.29, 1.82) is 0 Å². The zero-order chi connectivity index (χ0) is 11.4. The molecule has 82 valence electrons. The van der Waals surface area contributed by atoms with Crippen LogP contribution < -0.4 is 0 Å². The quantitative estimate of drug-likeness (QED) is 0.765. The van der Waals surface area contributed by atoms with Crippen molar-refractivity contribution in [3.8, 4) is 0 Å². The van der Waals surface area contributed by atoms with Crippen molar-refractivity contribution in [1.82, 2.24) is 9.97 Å². The van der Waals surface area contributed by atoms with Crippen molar-refractivity contribution < 1.29 is 9.18 Å². The SMILES string of the molecule is O=Cc1cnc(CCc2cncc(F)c2)s1. The predicted octanol–water partition coefficient (Wildman–Crippen LogP) is 2.27. The maximum absolute atomic E-state index is 12.8. The van der Waals surface area contributed by atoms with E-state index in [1.54, 1.807) is 12.4 Å². The highest BCUT2D eigenvalue weighted by molar-refractivity contribution is 7.13. The van der Waals surface area contributed by atoms with Gasteiger partial charge < -0.3 is 0 Å². The standard InChI is InChI=1S/C11H9FN2OS/c12-9-3-8(4-13-5-9)1-2-11-14-6-10(7-15)16-11/h3-7H,1-2H2. The van der Waals surface area contributed by atoms with E-state index in [2.05, 4.69) is 9.97 Å². The molecule has 2 aromatic heterocycles. The van der Waals surface area contributed by atoms with Crippen molar-refractivity contribution in [2.24, 2.45) is 0 Å². The third kappa shape index (κ3) is 2.70. The maximum Gasteiger partial charge on any atom is 0.161 e. The van der Waals surface area contributed by atoms with E-state index in [0.29, 0.717) is 17.7 Å². The van der Waals surface area contributed by atoms with Gasteiger partial charge in [0, 0.05) is 18.8 Å². The third-order valence-corrected chi connectivity index (χ3v) is 3.06. The van der Waals surface area contributed by atoms with E-state index >= 15 is 0 Å². The number of carbonyl (C=O) groups excluding carboxylic acids is 1. The van der Waals surface area contributed by atoms with Gasteiger partial charge in [-0.2, -0.15) is 0 Å². The number of pyridine rings is 1. The molecule has 2 heterocycles. The lowest BCUT2D eigenvalue weighted by Gasteiger charge is -1.98. The van der Waals surface area contributed by atoms with E-state index in [1.165, 1.54) is 23.6 Å². The first kappa shape index (κ1) is 10.9. The average Bonchev–Trinajstić information content (AvgIpc) is 2.74. The summed E-state index contributed by atoms with van der Waals surface area (Å²) in [6.45, 7) is 0. The van der Waals surface area contributed by atoms with E-state index in [1.807, 2.05) is 0 Å². The molecule has 5 heteroatoms. The summed E-state index contributed by atoms with van der Waals surface area (Å²) in [5.41, 5.74) is 0.836. The summed E-state index contributed by atoms with van der Waals surface area (Å²) in [6, 6.07) is 1.46. The molecular formula is C11H9FN2OS. The molecule has 0 fully saturated rings. The van der Waals surface area contributed by atoms with Gasteiger partial charge in [-0.25, -0.2) is 9.37 Å². The van der Waals surface area contributed by atoms with Gasteiger partial charge in [0.05, 0.1) is 16.1 Å². The number of halogens is 1. The fourth-order valence-electron chi connectivity index (χ4n) is 1.34. The van der Waals surface area contributed by atoms with Crippen molar-refractivity contribution in [3.05, 3.63) is 45.9 Å². The van der Waals surface area contributed by atoms with E-state index in [0.717, 1.165) is 16.9 Å². The fourth-order valence-corrected chi connectivity index (χ4v) is 2.07. The van der Waals surface area contributed by atoms with Crippen LogP contribution in [0.3, 0.4) is 0 Å². The minimum Gasteiger partial charge on any atom is -0.297 e. The van der Waals surface area contributed by atoms with Crippen LogP contribution in [0.4, 0.5) is 4.39 Å². The Balaban J connectivity index is 1.99. The highest BCUT2D eigenvalue weighted by Crippen LogP contribution is 2.13. The molecule has 3 nitrogen and oxygen atoms in total. The third-order valence-electron chi connectivity index (χ3n) is 2.08. The van der Waals surface area contributed by atoms with Crippen molar-refractivity contribution >= 4 is 17.6 Å². The summed E-state index contributed by atoms with van der Waals surface area (Å²) < 4.78 is 12.8. The molecule has 0 unspecified atom stereocenters. The molecule has 0 saturated heterocycles. The molecule has 2 rings (SSSR count). The number of aromatic nitrogens is 2. The Hall–Kier alpha value is -1.62. The van der Waals surface area contributed by atoms with Crippen LogP contribution >= 0.6 is 11.3 Å². The van der Waals surface area contributed by atoms with Crippen LogP contribution in [0.1, 0.15) is 20.2 Å². The smallest absolute Gasteiger partial charge is 0.161 e. The Labute approximate surface area is 96.0 Å². The minimum atomic E-state index is -0.329. The first-order chi connectivity index (χ1) is 7.78. The van der Waals surface area contributed by atoms with Crippen LogP contribution in [-0.2, 0) is 12.8 Å². The average molecular weight is 236 g/mol. The predicted molar refractivity (Wildman–Crippen MR) is 59.1 cm³/mol. The van der Waals surface area contributed by atoms with Gasteiger partial charge in [-0.3, -0.25) is 9.78 Å². The molecule has 0 aromatic carbocycles. The van der Waals surface area contributed by atoms with E-state index in [9.17, 15) is 9.18 Å². The lowest BCUT2D eigenvalue weighted by atomic mass is 10.2. The molecule has 0 aliphatic carbocycles. The number of hydrogen-bond acceptors (Lipinski definition) is 4. The monoisotopic (exact) mass is 236 g/mol. The van der Waals surface area contributed by atoms with Crippen molar-refractivity contribution in [2.45, 2.75) is 12.8 Å². The zero-order valence-corrected chi connectivity index (χ0v) is 9.21. The van der Waals surface area contributed by atoms with Gasteiger partial charge in [0.25, 0.3) is 0 Å². The molecule has 16 heavy (non-hydrogen) atoms. The molecule has 0 N–H and O–H groups in total. The Morgan fingerprint density at radius 2 is 2.19 bits per heavy atom. The number of aldehydes is 1. The summed E-state index contributed by atoms with van der Waals surface area (Å²) in [4.78, 5) is 18.9. The second-order valence-corrected chi connectivity index (χ2v) is 4.43. The minimum absolute atomic E-state index is 0.329. The van der Waals surface area contributed by atoms with E-state index in [4.69, 9.17) is 0 Å². The van der Waals surface area contributed by atoms with Gasteiger partial charge in [0.15, 0.2) is 6.29 Å². The van der Waals surface area contributed by atoms with Crippen LogP contribution in [0.15, 0.2) is 24.7 Å². The number of hydrogen-bond donors (Lipinski definition) is 0. The molecule has 0 aliphatic heterocycles. The van der Waals surface area contributed by atoms with E-state index < -0.39 is 0 Å². The maximum atomic E-state index is 12.8. The summed E-state index contributed by atoms with van der Waals surface area (Å²) in [6.07, 6.45) is 6.52.